The number of amides is 1. The van der Waals surface area contributed by atoms with Crippen LogP contribution in [-0.4, -0.2) is 23.8 Å². The normalized spacial score (nSPS) is 10.5. The summed E-state index contributed by atoms with van der Waals surface area (Å²) in [6.45, 7) is 0. The highest BCUT2D eigenvalue weighted by Gasteiger charge is 2.17. The van der Waals surface area contributed by atoms with Crippen LogP contribution in [0, 0.1) is 17.1 Å². The number of aromatic nitrogens is 1. The van der Waals surface area contributed by atoms with Crippen molar-refractivity contribution in [2.24, 2.45) is 0 Å². The number of nitriles is 1. The molecule has 0 saturated carbocycles. The molecule has 0 spiro atoms. The molecular formula is C25H18FN3O2S2. The number of nitrogens with zero attached hydrogens (tertiary/aromatic N) is 2. The molecule has 2 aromatic carbocycles. The molecule has 8 heteroatoms. The Labute approximate surface area is 198 Å². The first-order chi connectivity index (χ1) is 16.1. The summed E-state index contributed by atoms with van der Waals surface area (Å²) in [5.41, 5.74) is 3.23. The Morgan fingerprint density at radius 1 is 1.18 bits per heavy atom. The van der Waals surface area contributed by atoms with Crippen LogP contribution in [0.25, 0.3) is 21.7 Å². The largest absolute Gasteiger partial charge is 0.497 e. The maximum absolute atomic E-state index is 13.1. The molecule has 4 aromatic rings. The van der Waals surface area contributed by atoms with Gasteiger partial charge in [-0.15, -0.1) is 11.3 Å². The predicted octanol–water partition coefficient (Wildman–Crippen LogP) is 6.23. The van der Waals surface area contributed by atoms with Gasteiger partial charge < -0.3 is 10.1 Å². The zero-order valence-corrected chi connectivity index (χ0v) is 19.2. The highest BCUT2D eigenvalue weighted by atomic mass is 32.2. The van der Waals surface area contributed by atoms with Crippen molar-refractivity contribution in [2.75, 3.05) is 18.2 Å². The third-order valence-electron chi connectivity index (χ3n) is 4.74. The van der Waals surface area contributed by atoms with E-state index < -0.39 is 0 Å². The van der Waals surface area contributed by atoms with E-state index in [9.17, 15) is 14.4 Å². The number of carbonyl (C=O) groups is 1. The molecule has 33 heavy (non-hydrogen) atoms. The molecule has 0 aliphatic rings. The van der Waals surface area contributed by atoms with E-state index in [1.165, 1.54) is 36.0 Å². The standard InChI is InChI=1S/C25H18FN3O2S2/c1-31-19-10-4-16(5-11-19)20-13-22(23-3-2-12-32-23)29-25(21(20)14-27)33-15-24(30)28-18-8-6-17(26)7-9-18/h2-13H,15H2,1H3,(H,28,30). The molecule has 1 amide bonds. The van der Waals surface area contributed by atoms with Crippen molar-refractivity contribution < 1.29 is 13.9 Å². The molecule has 1 N–H and O–H groups in total. The van der Waals surface area contributed by atoms with Crippen molar-refractivity contribution in [3.63, 3.8) is 0 Å². The molecule has 2 aromatic heterocycles. The topological polar surface area (TPSA) is 75.0 Å². The van der Waals surface area contributed by atoms with Crippen molar-refractivity contribution in [1.82, 2.24) is 4.98 Å². The van der Waals surface area contributed by atoms with Gasteiger partial charge in [0, 0.05) is 11.3 Å². The van der Waals surface area contributed by atoms with Gasteiger partial charge in [0.25, 0.3) is 0 Å². The molecule has 0 radical (unpaired) electrons. The summed E-state index contributed by atoms with van der Waals surface area (Å²) in [7, 11) is 1.60. The lowest BCUT2D eigenvalue weighted by Crippen LogP contribution is -2.14. The van der Waals surface area contributed by atoms with Crippen molar-refractivity contribution in [1.29, 1.82) is 5.26 Å². The fourth-order valence-electron chi connectivity index (χ4n) is 3.15. The second kappa shape index (κ2) is 10.3. The van der Waals surface area contributed by atoms with Crippen LogP contribution >= 0.6 is 23.1 Å². The quantitative estimate of drug-likeness (QED) is 0.321. The Kier molecular flexibility index (Phi) is 7.03. The van der Waals surface area contributed by atoms with Gasteiger partial charge in [0.2, 0.25) is 5.91 Å². The zero-order valence-electron chi connectivity index (χ0n) is 17.5. The Morgan fingerprint density at radius 2 is 1.94 bits per heavy atom. The van der Waals surface area contributed by atoms with Crippen LogP contribution in [-0.2, 0) is 4.79 Å². The molecule has 2 heterocycles. The minimum absolute atomic E-state index is 0.0506. The summed E-state index contributed by atoms with van der Waals surface area (Å²) in [6, 6.07) is 21.1. The van der Waals surface area contributed by atoms with Gasteiger partial charge >= 0.3 is 0 Å². The monoisotopic (exact) mass is 475 g/mol. The Bertz CT molecular complexity index is 1300. The van der Waals surface area contributed by atoms with E-state index in [4.69, 9.17) is 9.72 Å². The van der Waals surface area contributed by atoms with Crippen molar-refractivity contribution >= 4 is 34.7 Å². The first-order valence-corrected chi connectivity index (χ1v) is 11.8. The van der Waals surface area contributed by atoms with Crippen LogP contribution in [0.1, 0.15) is 5.56 Å². The maximum Gasteiger partial charge on any atom is 0.234 e. The number of carbonyl (C=O) groups excluding carboxylic acids is 1. The van der Waals surface area contributed by atoms with E-state index in [2.05, 4.69) is 11.4 Å². The highest BCUT2D eigenvalue weighted by molar-refractivity contribution is 8.00. The molecule has 0 aliphatic carbocycles. The summed E-state index contributed by atoms with van der Waals surface area (Å²) in [5.74, 6) is 0.123. The van der Waals surface area contributed by atoms with Crippen LogP contribution < -0.4 is 10.1 Å². The number of nitrogens with one attached hydrogen (secondary N) is 1. The number of benzene rings is 2. The van der Waals surface area contributed by atoms with Gasteiger partial charge in [-0.25, -0.2) is 9.37 Å². The summed E-state index contributed by atoms with van der Waals surface area (Å²) in [5, 5.41) is 15.1. The molecular weight excluding hydrogens is 457 g/mol. The summed E-state index contributed by atoms with van der Waals surface area (Å²) >= 11 is 2.74. The van der Waals surface area contributed by atoms with Gasteiger partial charge in [0.1, 0.15) is 22.7 Å². The average Bonchev–Trinajstić information content (AvgIpc) is 3.39. The highest BCUT2D eigenvalue weighted by Crippen LogP contribution is 2.36. The third-order valence-corrected chi connectivity index (χ3v) is 6.61. The molecule has 4 rings (SSSR count). The number of thioether (sulfide) groups is 1. The van der Waals surface area contributed by atoms with E-state index >= 15 is 0 Å². The molecule has 164 valence electrons. The average molecular weight is 476 g/mol. The molecule has 0 aliphatic heterocycles. The number of ether oxygens (including phenoxy) is 1. The molecule has 0 unspecified atom stereocenters. The third kappa shape index (κ3) is 5.40. The second-order valence-corrected chi connectivity index (χ2v) is 8.81. The Hall–Kier alpha value is -3.67. The van der Waals surface area contributed by atoms with Gasteiger partial charge in [-0.2, -0.15) is 5.26 Å². The Balaban J connectivity index is 1.65. The summed E-state index contributed by atoms with van der Waals surface area (Å²) < 4.78 is 18.3. The maximum atomic E-state index is 13.1. The van der Waals surface area contributed by atoms with Crippen molar-refractivity contribution in [3.8, 4) is 33.5 Å². The number of hydrogen-bond donors (Lipinski definition) is 1. The van der Waals surface area contributed by atoms with Crippen LogP contribution in [0.4, 0.5) is 10.1 Å². The number of methoxy groups -OCH3 is 1. The molecule has 5 nitrogen and oxygen atoms in total. The molecule has 0 fully saturated rings. The van der Waals surface area contributed by atoms with E-state index in [0.717, 1.165) is 27.4 Å². The zero-order chi connectivity index (χ0) is 23.2. The van der Waals surface area contributed by atoms with E-state index in [1.807, 2.05) is 47.8 Å². The fraction of sp³-hybridized carbons (Fsp3) is 0.0800. The van der Waals surface area contributed by atoms with Crippen LogP contribution in [0.2, 0.25) is 0 Å². The number of pyridine rings is 1. The molecule has 0 bridgehead atoms. The number of hydrogen-bond acceptors (Lipinski definition) is 6. The van der Waals surface area contributed by atoms with Crippen LogP contribution in [0.15, 0.2) is 77.1 Å². The first kappa shape index (κ1) is 22.5. The fourth-order valence-corrected chi connectivity index (χ4v) is 4.64. The molecule has 0 atom stereocenters. The first-order valence-electron chi connectivity index (χ1n) is 9.89. The molecule has 0 saturated heterocycles. The smallest absolute Gasteiger partial charge is 0.234 e. The lowest BCUT2D eigenvalue weighted by Gasteiger charge is -2.12. The van der Waals surface area contributed by atoms with Gasteiger partial charge in [-0.3, -0.25) is 4.79 Å². The Morgan fingerprint density at radius 3 is 2.58 bits per heavy atom. The summed E-state index contributed by atoms with van der Waals surface area (Å²) in [4.78, 5) is 18.1. The van der Waals surface area contributed by atoms with Gasteiger partial charge in [0.05, 0.1) is 29.0 Å². The lowest BCUT2D eigenvalue weighted by molar-refractivity contribution is -0.113. The van der Waals surface area contributed by atoms with E-state index in [-0.39, 0.29) is 17.5 Å². The predicted molar refractivity (Wildman–Crippen MR) is 130 cm³/mol. The number of rotatable bonds is 7. The summed E-state index contributed by atoms with van der Waals surface area (Å²) in [6.07, 6.45) is 0. The van der Waals surface area contributed by atoms with Crippen molar-refractivity contribution in [2.45, 2.75) is 5.03 Å². The van der Waals surface area contributed by atoms with Crippen molar-refractivity contribution in [3.05, 3.63) is 83.5 Å². The lowest BCUT2D eigenvalue weighted by atomic mass is 10.0. The van der Waals surface area contributed by atoms with E-state index in [0.29, 0.717) is 16.3 Å². The minimum Gasteiger partial charge on any atom is -0.497 e. The number of thiophene rings is 1. The van der Waals surface area contributed by atoms with Crippen LogP contribution in [0.5, 0.6) is 5.75 Å². The van der Waals surface area contributed by atoms with Gasteiger partial charge in [-0.05, 0) is 59.5 Å². The van der Waals surface area contributed by atoms with Crippen LogP contribution in [0.3, 0.4) is 0 Å². The van der Waals surface area contributed by atoms with Gasteiger partial charge in [0.15, 0.2) is 0 Å². The minimum atomic E-state index is -0.373. The second-order valence-electron chi connectivity index (χ2n) is 6.90. The number of halogens is 1. The SMILES string of the molecule is COc1ccc(-c2cc(-c3cccs3)nc(SCC(=O)Nc3ccc(F)cc3)c2C#N)cc1. The number of anilines is 1. The van der Waals surface area contributed by atoms with Gasteiger partial charge in [-0.1, -0.05) is 30.0 Å². The van der Waals surface area contributed by atoms with E-state index in [1.54, 1.807) is 18.4 Å².